The molecular weight excluding hydrogens is 492 g/mol. The summed E-state index contributed by atoms with van der Waals surface area (Å²) < 4.78 is 7.41. The minimum atomic E-state index is 0.550. The highest BCUT2D eigenvalue weighted by atomic mass is 32.1. The van der Waals surface area contributed by atoms with E-state index in [0.29, 0.717) is 12.1 Å². The number of rotatable bonds is 7. The van der Waals surface area contributed by atoms with Crippen LogP contribution in [-0.2, 0) is 0 Å². The first-order chi connectivity index (χ1) is 18.6. The van der Waals surface area contributed by atoms with Crippen molar-refractivity contribution in [2.75, 3.05) is 37.4 Å². The van der Waals surface area contributed by atoms with Crippen molar-refractivity contribution in [2.45, 2.75) is 57.0 Å². The summed E-state index contributed by atoms with van der Waals surface area (Å²) in [6.07, 6.45) is 12.5. The molecule has 1 saturated heterocycles. The van der Waals surface area contributed by atoms with Gasteiger partial charge in [0.15, 0.2) is 5.13 Å². The maximum Gasteiger partial charge on any atom is 0.184 e. The second kappa shape index (κ2) is 11.3. The zero-order valence-corrected chi connectivity index (χ0v) is 23.1. The molecule has 0 amide bonds. The number of thiazole rings is 1. The van der Waals surface area contributed by atoms with Crippen LogP contribution in [0.25, 0.3) is 21.5 Å². The second-order valence-electron chi connectivity index (χ2n) is 10.7. The number of aromatic nitrogens is 3. The van der Waals surface area contributed by atoms with Gasteiger partial charge < -0.3 is 19.9 Å². The largest absolute Gasteiger partial charge is 0.457 e. The number of piperidine rings is 1. The van der Waals surface area contributed by atoms with Crippen molar-refractivity contribution >= 4 is 32.5 Å². The average Bonchev–Trinajstić information content (AvgIpc) is 3.35. The van der Waals surface area contributed by atoms with Crippen LogP contribution in [0.3, 0.4) is 0 Å². The van der Waals surface area contributed by atoms with E-state index in [1.54, 1.807) is 11.3 Å². The highest BCUT2D eigenvalue weighted by Crippen LogP contribution is 2.34. The van der Waals surface area contributed by atoms with E-state index in [9.17, 15) is 0 Å². The summed E-state index contributed by atoms with van der Waals surface area (Å²) in [5.41, 5.74) is 2.94. The highest BCUT2D eigenvalue weighted by molar-refractivity contribution is 7.22. The first-order valence-corrected chi connectivity index (χ1v) is 14.6. The van der Waals surface area contributed by atoms with Gasteiger partial charge in [-0.15, -0.1) is 0 Å². The molecule has 7 nitrogen and oxygen atoms in total. The fourth-order valence-electron chi connectivity index (χ4n) is 5.58. The van der Waals surface area contributed by atoms with Gasteiger partial charge in [0.1, 0.15) is 17.3 Å². The van der Waals surface area contributed by atoms with Crippen LogP contribution in [0, 0.1) is 0 Å². The maximum absolute atomic E-state index is 6.28. The molecule has 0 bridgehead atoms. The molecule has 38 heavy (non-hydrogen) atoms. The van der Waals surface area contributed by atoms with E-state index < -0.39 is 0 Å². The quantitative estimate of drug-likeness (QED) is 0.282. The van der Waals surface area contributed by atoms with Crippen molar-refractivity contribution in [1.82, 2.24) is 19.9 Å². The normalized spacial score (nSPS) is 17.3. The van der Waals surface area contributed by atoms with Gasteiger partial charge in [-0.1, -0.05) is 30.6 Å². The van der Waals surface area contributed by atoms with E-state index in [1.807, 2.05) is 42.7 Å². The van der Waals surface area contributed by atoms with Gasteiger partial charge in [0.25, 0.3) is 0 Å². The molecule has 4 aromatic rings. The van der Waals surface area contributed by atoms with E-state index in [4.69, 9.17) is 9.72 Å². The molecule has 2 fully saturated rings. The molecule has 0 radical (unpaired) electrons. The number of anilines is 2. The molecular formula is C30H36N6OS. The minimum absolute atomic E-state index is 0.550. The van der Waals surface area contributed by atoms with Crippen molar-refractivity contribution in [3.8, 4) is 22.8 Å². The molecule has 2 aliphatic rings. The van der Waals surface area contributed by atoms with Gasteiger partial charge in [0.05, 0.1) is 15.9 Å². The van der Waals surface area contributed by atoms with Crippen LogP contribution in [0.15, 0.2) is 54.9 Å². The third kappa shape index (κ3) is 5.76. The van der Waals surface area contributed by atoms with Crippen LogP contribution in [0.5, 0.6) is 11.5 Å². The molecule has 8 heteroatoms. The van der Waals surface area contributed by atoms with E-state index in [-0.39, 0.29) is 0 Å². The molecule has 0 unspecified atom stereocenters. The van der Waals surface area contributed by atoms with Gasteiger partial charge in [0, 0.05) is 55.3 Å². The smallest absolute Gasteiger partial charge is 0.184 e. The van der Waals surface area contributed by atoms with Gasteiger partial charge in [-0.05, 0) is 70.1 Å². The Balaban J connectivity index is 1.15. The Morgan fingerprint density at radius 3 is 2.50 bits per heavy atom. The van der Waals surface area contributed by atoms with Crippen molar-refractivity contribution < 1.29 is 4.74 Å². The Labute approximate surface area is 228 Å². The van der Waals surface area contributed by atoms with E-state index in [2.05, 4.69) is 51.3 Å². The Hall–Kier alpha value is -3.23. The molecule has 1 aromatic carbocycles. The number of ether oxygens (including phenoxy) is 1. The summed E-state index contributed by atoms with van der Waals surface area (Å²) >= 11 is 1.70. The van der Waals surface area contributed by atoms with Crippen LogP contribution in [0.4, 0.5) is 10.9 Å². The first-order valence-electron chi connectivity index (χ1n) is 13.8. The van der Waals surface area contributed by atoms with E-state index in [0.717, 1.165) is 69.9 Å². The predicted molar refractivity (Wildman–Crippen MR) is 157 cm³/mol. The SMILES string of the molecule is CN(C)C1CCN(c2cc(-c3cc(Oc4ccc5nc(NC6CCCCC6)sc5c4)ccn3)ccn2)CC1. The van der Waals surface area contributed by atoms with Crippen LogP contribution < -0.4 is 15.0 Å². The third-order valence-electron chi connectivity index (χ3n) is 7.82. The Bertz CT molecular complexity index is 1370. The molecule has 4 heterocycles. The molecule has 1 saturated carbocycles. The Morgan fingerprint density at radius 2 is 1.68 bits per heavy atom. The summed E-state index contributed by atoms with van der Waals surface area (Å²) in [5, 5.41) is 4.66. The first kappa shape index (κ1) is 25.1. The van der Waals surface area contributed by atoms with Gasteiger partial charge in [-0.25, -0.2) is 9.97 Å². The lowest BCUT2D eigenvalue weighted by Gasteiger charge is -2.35. The lowest BCUT2D eigenvalue weighted by Crippen LogP contribution is -2.42. The third-order valence-corrected chi connectivity index (χ3v) is 8.77. The minimum Gasteiger partial charge on any atom is -0.457 e. The highest BCUT2D eigenvalue weighted by Gasteiger charge is 2.22. The lowest BCUT2D eigenvalue weighted by atomic mass is 9.96. The molecule has 1 aliphatic heterocycles. The number of hydrogen-bond donors (Lipinski definition) is 1. The summed E-state index contributed by atoms with van der Waals surface area (Å²) in [7, 11) is 4.34. The summed E-state index contributed by atoms with van der Waals surface area (Å²) in [6, 6.07) is 15.4. The fraction of sp³-hybridized carbons (Fsp3) is 0.433. The molecule has 0 spiro atoms. The van der Waals surface area contributed by atoms with Crippen LogP contribution in [0.2, 0.25) is 0 Å². The number of benzene rings is 1. The lowest BCUT2D eigenvalue weighted by molar-refractivity contribution is 0.249. The van der Waals surface area contributed by atoms with Crippen molar-refractivity contribution in [2.24, 2.45) is 0 Å². The van der Waals surface area contributed by atoms with Crippen molar-refractivity contribution in [1.29, 1.82) is 0 Å². The summed E-state index contributed by atoms with van der Waals surface area (Å²) in [6.45, 7) is 2.04. The van der Waals surface area contributed by atoms with Crippen LogP contribution >= 0.6 is 11.3 Å². The standard InChI is InChI=1S/C30H36N6OS/c1-35(2)23-12-16-36(17-13-23)29-18-21(10-14-32-29)27-19-25(11-15-31-27)37-24-8-9-26-28(20-24)38-30(34-26)33-22-6-4-3-5-7-22/h8-11,14-15,18-20,22-23H,3-7,12-13,16-17H2,1-2H3,(H,33,34). The molecule has 1 aliphatic carbocycles. The second-order valence-corrected chi connectivity index (χ2v) is 11.7. The number of pyridine rings is 2. The zero-order valence-electron chi connectivity index (χ0n) is 22.3. The summed E-state index contributed by atoms with van der Waals surface area (Å²) in [5.74, 6) is 2.59. The topological polar surface area (TPSA) is 66.4 Å². The zero-order chi connectivity index (χ0) is 25.9. The molecule has 1 N–H and O–H groups in total. The predicted octanol–water partition coefficient (Wildman–Crippen LogP) is 6.82. The van der Waals surface area contributed by atoms with Gasteiger partial charge in [0.2, 0.25) is 0 Å². The van der Waals surface area contributed by atoms with Gasteiger partial charge >= 0.3 is 0 Å². The maximum atomic E-state index is 6.28. The van der Waals surface area contributed by atoms with Crippen LogP contribution in [0.1, 0.15) is 44.9 Å². The monoisotopic (exact) mass is 528 g/mol. The Morgan fingerprint density at radius 1 is 0.895 bits per heavy atom. The molecule has 6 rings (SSSR count). The molecule has 198 valence electrons. The van der Waals surface area contributed by atoms with E-state index >= 15 is 0 Å². The Kier molecular flexibility index (Phi) is 7.42. The van der Waals surface area contributed by atoms with Crippen molar-refractivity contribution in [3.05, 3.63) is 54.9 Å². The van der Waals surface area contributed by atoms with E-state index in [1.165, 1.54) is 32.1 Å². The fourth-order valence-corrected chi connectivity index (χ4v) is 6.55. The number of fused-ring (bicyclic) bond motifs is 1. The van der Waals surface area contributed by atoms with Gasteiger partial charge in [-0.2, -0.15) is 0 Å². The van der Waals surface area contributed by atoms with Crippen molar-refractivity contribution in [3.63, 3.8) is 0 Å². The van der Waals surface area contributed by atoms with Gasteiger partial charge in [-0.3, -0.25) is 4.98 Å². The number of hydrogen-bond acceptors (Lipinski definition) is 8. The molecule has 3 aromatic heterocycles. The van der Waals surface area contributed by atoms with Crippen LogP contribution in [-0.4, -0.2) is 59.1 Å². The number of nitrogens with zero attached hydrogens (tertiary/aromatic N) is 5. The number of nitrogens with one attached hydrogen (secondary N) is 1. The summed E-state index contributed by atoms with van der Waals surface area (Å²) in [4.78, 5) is 18.8. The average molecular weight is 529 g/mol. The molecule has 0 atom stereocenters.